The Kier molecular flexibility index (Phi) is 5.69. The van der Waals surface area contributed by atoms with Crippen LogP contribution in [0, 0.1) is 0 Å². The normalized spacial score (nSPS) is 18.2. The summed E-state index contributed by atoms with van der Waals surface area (Å²) in [6.45, 7) is 2.97. The molecular formula is C17H25N3O5S. The number of hydrogen-bond acceptors (Lipinski definition) is 6. The first-order chi connectivity index (χ1) is 12.4. The van der Waals surface area contributed by atoms with E-state index >= 15 is 0 Å². The third-order valence-corrected chi connectivity index (χ3v) is 6.41. The second-order valence-corrected chi connectivity index (χ2v) is 8.58. The van der Waals surface area contributed by atoms with E-state index in [-0.39, 0.29) is 10.8 Å². The van der Waals surface area contributed by atoms with Gasteiger partial charge in [0.15, 0.2) is 11.5 Å². The minimum absolute atomic E-state index is 0.0649. The van der Waals surface area contributed by atoms with Gasteiger partial charge in [-0.2, -0.15) is 4.31 Å². The number of nitrogens with zero attached hydrogens (tertiary/aromatic N) is 3. The average molecular weight is 383 g/mol. The van der Waals surface area contributed by atoms with Crippen molar-refractivity contribution in [2.24, 2.45) is 0 Å². The molecule has 2 aliphatic heterocycles. The van der Waals surface area contributed by atoms with Gasteiger partial charge in [-0.15, -0.1) is 0 Å². The molecule has 0 radical (unpaired) electrons. The summed E-state index contributed by atoms with van der Waals surface area (Å²) in [6.07, 6.45) is 0.446. The molecule has 1 saturated heterocycles. The van der Waals surface area contributed by atoms with Crippen LogP contribution in [0.15, 0.2) is 23.1 Å². The molecule has 0 bridgehead atoms. The molecule has 1 aromatic carbocycles. The first kappa shape index (κ1) is 18.9. The van der Waals surface area contributed by atoms with Crippen molar-refractivity contribution in [1.29, 1.82) is 0 Å². The molecule has 1 amide bonds. The second-order valence-electron chi connectivity index (χ2n) is 6.64. The minimum atomic E-state index is -3.62. The largest absolute Gasteiger partial charge is 0.486 e. The molecule has 0 N–H and O–H groups in total. The smallest absolute Gasteiger partial charge is 0.243 e. The van der Waals surface area contributed by atoms with Crippen LogP contribution in [0.25, 0.3) is 0 Å². The van der Waals surface area contributed by atoms with Crippen molar-refractivity contribution in [3.8, 4) is 11.5 Å². The van der Waals surface area contributed by atoms with Gasteiger partial charge in [-0.1, -0.05) is 0 Å². The predicted molar refractivity (Wildman–Crippen MR) is 95.9 cm³/mol. The molecule has 0 spiro atoms. The molecule has 0 atom stereocenters. The van der Waals surface area contributed by atoms with Gasteiger partial charge in [0.25, 0.3) is 0 Å². The number of amides is 1. The highest BCUT2D eigenvalue weighted by molar-refractivity contribution is 7.89. The van der Waals surface area contributed by atoms with Gasteiger partial charge in [0, 0.05) is 45.2 Å². The summed E-state index contributed by atoms with van der Waals surface area (Å²) in [6, 6.07) is 4.68. The fourth-order valence-electron chi connectivity index (χ4n) is 2.99. The number of carbonyl (C=O) groups excluding carboxylic acids is 1. The molecule has 0 aromatic heterocycles. The maximum absolute atomic E-state index is 12.9. The lowest BCUT2D eigenvalue weighted by molar-refractivity contribution is -0.132. The zero-order valence-corrected chi connectivity index (χ0v) is 16.0. The molecule has 3 rings (SSSR count). The zero-order chi connectivity index (χ0) is 18.7. The van der Waals surface area contributed by atoms with Crippen molar-refractivity contribution < 1.29 is 22.7 Å². The third-order valence-electron chi connectivity index (χ3n) is 4.52. The molecule has 0 aliphatic carbocycles. The van der Waals surface area contributed by atoms with Crippen LogP contribution in [-0.2, 0) is 14.8 Å². The quantitative estimate of drug-likeness (QED) is 0.725. The van der Waals surface area contributed by atoms with Gasteiger partial charge in [0.2, 0.25) is 15.9 Å². The number of fused-ring (bicyclic) bond motifs is 1. The van der Waals surface area contributed by atoms with Crippen molar-refractivity contribution >= 4 is 15.9 Å². The molecule has 1 fully saturated rings. The predicted octanol–water partition coefficient (Wildman–Crippen LogP) is 0.242. The zero-order valence-electron chi connectivity index (χ0n) is 15.2. The van der Waals surface area contributed by atoms with Crippen molar-refractivity contribution in [3.05, 3.63) is 18.2 Å². The molecule has 9 heteroatoms. The average Bonchev–Trinajstić information content (AvgIpc) is 2.65. The van der Waals surface area contributed by atoms with E-state index in [0.29, 0.717) is 63.9 Å². The van der Waals surface area contributed by atoms with Crippen molar-refractivity contribution in [1.82, 2.24) is 14.1 Å². The number of benzene rings is 1. The van der Waals surface area contributed by atoms with Crippen LogP contribution in [-0.4, -0.2) is 88.5 Å². The lowest BCUT2D eigenvalue weighted by Gasteiger charge is -2.34. The van der Waals surface area contributed by atoms with E-state index in [2.05, 4.69) is 0 Å². The van der Waals surface area contributed by atoms with Gasteiger partial charge in [0.05, 0.1) is 4.90 Å². The van der Waals surface area contributed by atoms with Gasteiger partial charge in [0.1, 0.15) is 13.2 Å². The van der Waals surface area contributed by atoms with Crippen LogP contribution in [0.1, 0.15) is 6.42 Å². The Morgan fingerprint density at radius 3 is 2.38 bits per heavy atom. The highest BCUT2D eigenvalue weighted by atomic mass is 32.2. The maximum Gasteiger partial charge on any atom is 0.243 e. The van der Waals surface area contributed by atoms with E-state index in [4.69, 9.17) is 9.47 Å². The molecule has 144 valence electrons. The van der Waals surface area contributed by atoms with Crippen molar-refractivity contribution in [2.75, 3.05) is 60.0 Å². The first-order valence-corrected chi connectivity index (χ1v) is 10.1. The molecule has 0 unspecified atom stereocenters. The van der Waals surface area contributed by atoms with Crippen LogP contribution in [0.5, 0.6) is 11.5 Å². The number of rotatable bonds is 5. The molecule has 8 nitrogen and oxygen atoms in total. The van der Waals surface area contributed by atoms with E-state index in [0.717, 1.165) is 0 Å². The van der Waals surface area contributed by atoms with Crippen LogP contribution < -0.4 is 9.47 Å². The number of piperazine rings is 1. The van der Waals surface area contributed by atoms with Crippen molar-refractivity contribution in [3.63, 3.8) is 0 Å². The molecule has 0 saturated carbocycles. The van der Waals surface area contributed by atoms with Gasteiger partial charge in [-0.05, 0) is 26.2 Å². The van der Waals surface area contributed by atoms with E-state index in [1.165, 1.54) is 16.4 Å². The lowest BCUT2D eigenvalue weighted by Crippen LogP contribution is -2.50. The van der Waals surface area contributed by atoms with Crippen molar-refractivity contribution in [2.45, 2.75) is 11.3 Å². The summed E-state index contributed by atoms with van der Waals surface area (Å²) in [7, 11) is 0.225. The molecule has 1 aromatic rings. The number of carbonyl (C=O) groups is 1. The van der Waals surface area contributed by atoms with E-state index < -0.39 is 10.0 Å². The molecule has 2 aliphatic rings. The standard InChI is InChI=1S/C17H25N3O5S/c1-18(2)6-5-17(21)19-7-9-20(10-8-19)26(22,23)14-3-4-15-16(13-14)25-12-11-24-15/h3-4,13H,5-12H2,1-2H3. The Morgan fingerprint density at radius 1 is 1.08 bits per heavy atom. The molecule has 2 heterocycles. The van der Waals surface area contributed by atoms with E-state index in [9.17, 15) is 13.2 Å². The first-order valence-electron chi connectivity index (χ1n) is 8.70. The number of ether oxygens (including phenoxy) is 2. The SMILES string of the molecule is CN(C)CCC(=O)N1CCN(S(=O)(=O)c2ccc3c(c2)OCCO3)CC1. The second kappa shape index (κ2) is 7.81. The van der Waals surface area contributed by atoms with Crippen LogP contribution in [0.3, 0.4) is 0 Å². The Bertz CT molecular complexity index is 758. The Hall–Kier alpha value is -1.84. The number of sulfonamides is 1. The third kappa shape index (κ3) is 4.11. The lowest BCUT2D eigenvalue weighted by atomic mass is 10.3. The van der Waals surface area contributed by atoms with E-state index in [1.54, 1.807) is 11.0 Å². The Morgan fingerprint density at radius 2 is 1.73 bits per heavy atom. The summed E-state index contributed by atoms with van der Waals surface area (Å²) < 4.78 is 38.1. The van der Waals surface area contributed by atoms with Crippen LogP contribution in [0.4, 0.5) is 0 Å². The van der Waals surface area contributed by atoms with Gasteiger partial charge in [-0.25, -0.2) is 8.42 Å². The fraction of sp³-hybridized carbons (Fsp3) is 0.588. The summed E-state index contributed by atoms with van der Waals surface area (Å²) in [5.74, 6) is 1.08. The molecule has 26 heavy (non-hydrogen) atoms. The fourth-order valence-corrected chi connectivity index (χ4v) is 4.43. The minimum Gasteiger partial charge on any atom is -0.486 e. The number of hydrogen-bond donors (Lipinski definition) is 0. The topological polar surface area (TPSA) is 79.4 Å². The maximum atomic E-state index is 12.9. The monoisotopic (exact) mass is 383 g/mol. The summed E-state index contributed by atoms with van der Waals surface area (Å²) in [5, 5.41) is 0. The molecular weight excluding hydrogens is 358 g/mol. The van der Waals surface area contributed by atoms with Gasteiger partial charge in [-0.3, -0.25) is 4.79 Å². The Balaban J connectivity index is 1.64. The van der Waals surface area contributed by atoms with Gasteiger partial charge >= 0.3 is 0 Å². The highest BCUT2D eigenvalue weighted by Crippen LogP contribution is 2.33. The summed E-state index contributed by atoms with van der Waals surface area (Å²) >= 11 is 0. The summed E-state index contributed by atoms with van der Waals surface area (Å²) in [5.41, 5.74) is 0. The van der Waals surface area contributed by atoms with Gasteiger partial charge < -0.3 is 19.3 Å². The highest BCUT2D eigenvalue weighted by Gasteiger charge is 2.31. The summed E-state index contributed by atoms with van der Waals surface area (Å²) in [4.78, 5) is 16.1. The Labute approximate surface area is 154 Å². The van der Waals surface area contributed by atoms with Crippen LogP contribution in [0.2, 0.25) is 0 Å². The van der Waals surface area contributed by atoms with E-state index in [1.807, 2.05) is 19.0 Å². The van der Waals surface area contributed by atoms with Crippen LogP contribution >= 0.6 is 0 Å².